The Bertz CT molecular complexity index is 253. The minimum Gasteiger partial charge on any atom is -0.381 e. The maximum absolute atomic E-state index is 5.97. The van der Waals surface area contributed by atoms with Crippen molar-refractivity contribution in [1.82, 2.24) is 20.6 Å². The Labute approximate surface area is 69.5 Å². The van der Waals surface area contributed by atoms with E-state index in [1.54, 1.807) is 7.11 Å². The first-order valence-electron chi connectivity index (χ1n) is 3.80. The van der Waals surface area contributed by atoms with Crippen molar-refractivity contribution in [1.29, 1.82) is 0 Å². The summed E-state index contributed by atoms with van der Waals surface area (Å²) in [6.07, 6.45) is 1.78. The van der Waals surface area contributed by atoms with Gasteiger partial charge in [-0.15, -0.1) is 10.2 Å². The summed E-state index contributed by atoms with van der Waals surface area (Å²) in [6.45, 7) is 0. The van der Waals surface area contributed by atoms with Crippen molar-refractivity contribution in [3.63, 3.8) is 0 Å². The van der Waals surface area contributed by atoms with E-state index in [1.165, 1.54) is 0 Å². The molecule has 1 aliphatic carbocycles. The second kappa shape index (κ2) is 2.49. The maximum Gasteiger partial charge on any atom is 0.194 e. The molecule has 1 aromatic rings. The number of H-pyrrole nitrogens is 1. The summed E-state index contributed by atoms with van der Waals surface area (Å²) >= 11 is 0. The molecule has 12 heavy (non-hydrogen) atoms. The summed E-state index contributed by atoms with van der Waals surface area (Å²) in [5.74, 6) is 0.579. The molecule has 0 atom stereocenters. The second-order valence-electron chi connectivity index (χ2n) is 3.16. The molecule has 1 aromatic heterocycles. The molecule has 6 nitrogen and oxygen atoms in total. The van der Waals surface area contributed by atoms with Crippen LogP contribution in [0.3, 0.4) is 0 Å². The highest BCUT2D eigenvalue weighted by molar-refractivity contribution is 5.10. The average Bonchev–Trinajstić information content (AvgIpc) is 2.50. The molecule has 0 unspecified atom stereocenters. The van der Waals surface area contributed by atoms with Crippen LogP contribution in [0.25, 0.3) is 0 Å². The second-order valence-corrected chi connectivity index (χ2v) is 3.16. The fraction of sp³-hybridized carbons (Fsp3) is 0.833. The number of nitrogens with two attached hydrogens (primary N) is 1. The fourth-order valence-corrected chi connectivity index (χ4v) is 1.47. The van der Waals surface area contributed by atoms with Crippen molar-refractivity contribution >= 4 is 0 Å². The minimum atomic E-state index is -0.423. The van der Waals surface area contributed by atoms with Gasteiger partial charge in [0, 0.05) is 7.11 Å². The van der Waals surface area contributed by atoms with Gasteiger partial charge in [0.15, 0.2) is 5.82 Å². The Morgan fingerprint density at radius 1 is 1.67 bits per heavy atom. The van der Waals surface area contributed by atoms with Crippen LogP contribution in [0.1, 0.15) is 18.7 Å². The molecule has 1 aliphatic rings. The van der Waals surface area contributed by atoms with Gasteiger partial charge in [-0.2, -0.15) is 5.21 Å². The SMILES string of the molecule is COC1CC(N)(c2nn[nH]n2)C1. The van der Waals surface area contributed by atoms with Gasteiger partial charge in [-0.1, -0.05) is 5.21 Å². The van der Waals surface area contributed by atoms with Crippen LogP contribution in [-0.4, -0.2) is 33.8 Å². The number of rotatable bonds is 2. The predicted molar refractivity (Wildman–Crippen MR) is 40.1 cm³/mol. The molecule has 0 aromatic carbocycles. The standard InChI is InChI=1S/C6H11N5O/c1-12-4-2-6(7,3-4)5-8-10-11-9-5/h4H,2-3,7H2,1H3,(H,8,9,10,11). The van der Waals surface area contributed by atoms with Crippen LogP contribution in [0, 0.1) is 0 Å². The Morgan fingerprint density at radius 3 is 2.92 bits per heavy atom. The van der Waals surface area contributed by atoms with Gasteiger partial charge in [-0.3, -0.25) is 0 Å². The number of hydrogen-bond acceptors (Lipinski definition) is 5. The molecule has 1 saturated carbocycles. The van der Waals surface area contributed by atoms with Gasteiger partial charge in [-0.05, 0) is 12.8 Å². The fourth-order valence-electron chi connectivity index (χ4n) is 1.47. The third-order valence-corrected chi connectivity index (χ3v) is 2.31. The van der Waals surface area contributed by atoms with Crippen molar-refractivity contribution in [2.24, 2.45) is 5.73 Å². The van der Waals surface area contributed by atoms with Gasteiger partial charge < -0.3 is 10.5 Å². The summed E-state index contributed by atoms with van der Waals surface area (Å²) in [6, 6.07) is 0. The predicted octanol–water partition coefficient (Wildman–Crippen LogP) is -0.837. The van der Waals surface area contributed by atoms with Gasteiger partial charge in [0.1, 0.15) is 0 Å². The molecule has 1 heterocycles. The monoisotopic (exact) mass is 169 g/mol. The average molecular weight is 169 g/mol. The van der Waals surface area contributed by atoms with E-state index < -0.39 is 5.54 Å². The number of tetrazole rings is 1. The van der Waals surface area contributed by atoms with E-state index in [2.05, 4.69) is 20.6 Å². The van der Waals surface area contributed by atoms with Crippen molar-refractivity contribution in [3.8, 4) is 0 Å². The molecule has 0 amide bonds. The molecular formula is C6H11N5O. The van der Waals surface area contributed by atoms with Crippen LogP contribution >= 0.6 is 0 Å². The summed E-state index contributed by atoms with van der Waals surface area (Å²) in [4.78, 5) is 0. The lowest BCUT2D eigenvalue weighted by Crippen LogP contribution is -2.53. The molecule has 0 spiro atoms. The van der Waals surface area contributed by atoms with Gasteiger partial charge in [-0.25, -0.2) is 0 Å². The van der Waals surface area contributed by atoms with E-state index >= 15 is 0 Å². The van der Waals surface area contributed by atoms with E-state index in [0.29, 0.717) is 5.82 Å². The first kappa shape index (κ1) is 7.63. The summed E-state index contributed by atoms with van der Waals surface area (Å²) < 4.78 is 5.11. The van der Waals surface area contributed by atoms with E-state index in [-0.39, 0.29) is 6.10 Å². The number of ether oxygens (including phenoxy) is 1. The number of aromatic amines is 1. The van der Waals surface area contributed by atoms with Gasteiger partial charge in [0.25, 0.3) is 0 Å². The normalized spacial score (nSPS) is 34.7. The Morgan fingerprint density at radius 2 is 2.42 bits per heavy atom. The highest BCUT2D eigenvalue weighted by Crippen LogP contribution is 2.38. The third kappa shape index (κ3) is 0.997. The number of aromatic nitrogens is 4. The lowest BCUT2D eigenvalue weighted by atomic mass is 9.74. The number of methoxy groups -OCH3 is 1. The molecule has 0 aliphatic heterocycles. The first-order chi connectivity index (χ1) is 5.74. The van der Waals surface area contributed by atoms with Gasteiger partial charge >= 0.3 is 0 Å². The molecule has 3 N–H and O–H groups in total. The summed E-state index contributed by atoms with van der Waals surface area (Å²) in [7, 11) is 1.68. The van der Waals surface area contributed by atoms with Crippen molar-refractivity contribution in [3.05, 3.63) is 5.82 Å². The Kier molecular flexibility index (Phi) is 1.59. The number of hydrogen-bond donors (Lipinski definition) is 2. The molecule has 0 saturated heterocycles. The smallest absolute Gasteiger partial charge is 0.194 e. The van der Waals surface area contributed by atoms with Crippen molar-refractivity contribution < 1.29 is 4.74 Å². The van der Waals surface area contributed by atoms with Crippen LogP contribution in [0.5, 0.6) is 0 Å². The van der Waals surface area contributed by atoms with E-state index in [4.69, 9.17) is 10.5 Å². The number of nitrogens with one attached hydrogen (secondary N) is 1. The third-order valence-electron chi connectivity index (χ3n) is 2.31. The number of nitrogens with zero attached hydrogens (tertiary/aromatic N) is 3. The van der Waals surface area contributed by atoms with Crippen LogP contribution < -0.4 is 5.73 Å². The lowest BCUT2D eigenvalue weighted by Gasteiger charge is -2.41. The zero-order chi connectivity index (χ0) is 8.60. The van der Waals surface area contributed by atoms with Crippen LogP contribution in [0.2, 0.25) is 0 Å². The van der Waals surface area contributed by atoms with Gasteiger partial charge in [0.2, 0.25) is 0 Å². The van der Waals surface area contributed by atoms with Crippen LogP contribution in [0.15, 0.2) is 0 Å². The van der Waals surface area contributed by atoms with E-state index in [1.807, 2.05) is 0 Å². The first-order valence-corrected chi connectivity index (χ1v) is 3.80. The van der Waals surface area contributed by atoms with E-state index in [0.717, 1.165) is 12.8 Å². The molecule has 0 radical (unpaired) electrons. The zero-order valence-corrected chi connectivity index (χ0v) is 6.82. The van der Waals surface area contributed by atoms with Gasteiger partial charge in [0.05, 0.1) is 11.6 Å². The largest absolute Gasteiger partial charge is 0.381 e. The molecule has 1 fully saturated rings. The molecule has 0 bridgehead atoms. The summed E-state index contributed by atoms with van der Waals surface area (Å²) in [5, 5.41) is 13.6. The van der Waals surface area contributed by atoms with Crippen molar-refractivity contribution in [2.45, 2.75) is 24.5 Å². The molecule has 66 valence electrons. The summed E-state index contributed by atoms with van der Waals surface area (Å²) in [5.41, 5.74) is 5.55. The Hall–Kier alpha value is -1.01. The van der Waals surface area contributed by atoms with Crippen LogP contribution in [-0.2, 0) is 10.3 Å². The van der Waals surface area contributed by atoms with Crippen molar-refractivity contribution in [2.75, 3.05) is 7.11 Å². The van der Waals surface area contributed by atoms with E-state index in [9.17, 15) is 0 Å². The highest BCUT2D eigenvalue weighted by atomic mass is 16.5. The quantitative estimate of drug-likeness (QED) is 0.602. The minimum absolute atomic E-state index is 0.244. The zero-order valence-electron chi connectivity index (χ0n) is 6.82. The highest BCUT2D eigenvalue weighted by Gasteiger charge is 2.45. The maximum atomic E-state index is 5.97. The lowest BCUT2D eigenvalue weighted by molar-refractivity contribution is -0.0195. The Balaban J connectivity index is 2.07. The molecule has 2 rings (SSSR count). The van der Waals surface area contributed by atoms with Crippen LogP contribution in [0.4, 0.5) is 0 Å². The molecular weight excluding hydrogens is 158 g/mol. The topological polar surface area (TPSA) is 89.7 Å². The molecule has 6 heteroatoms.